The molecule has 2 aromatic rings. The van der Waals surface area contributed by atoms with Crippen LogP contribution in [0, 0.1) is 5.92 Å². The summed E-state index contributed by atoms with van der Waals surface area (Å²) in [6.45, 7) is -0.180. The molecule has 0 fully saturated rings. The van der Waals surface area contributed by atoms with E-state index in [4.69, 9.17) is 9.47 Å². The van der Waals surface area contributed by atoms with Crippen LogP contribution >= 0.6 is 0 Å². The number of cyclic esters (lactones) is 1. The number of esters is 2. The lowest BCUT2D eigenvalue weighted by Gasteiger charge is -2.36. The van der Waals surface area contributed by atoms with Crippen molar-refractivity contribution in [1.82, 2.24) is 10.2 Å². The van der Waals surface area contributed by atoms with Gasteiger partial charge in [0, 0.05) is 19.4 Å². The Morgan fingerprint density at radius 1 is 1.00 bits per heavy atom. The van der Waals surface area contributed by atoms with Gasteiger partial charge < -0.3 is 24.8 Å². The Balaban J connectivity index is 1.48. The summed E-state index contributed by atoms with van der Waals surface area (Å²) >= 11 is 0. The molecule has 2 amide bonds. The molecular formula is C32H38N2O7. The summed E-state index contributed by atoms with van der Waals surface area (Å²) in [4.78, 5) is 53.9. The van der Waals surface area contributed by atoms with Crippen LogP contribution in [0.15, 0.2) is 66.7 Å². The molecule has 0 saturated heterocycles. The lowest BCUT2D eigenvalue weighted by atomic mass is 9.92. The average Bonchev–Trinajstić information content (AvgIpc) is 2.99. The smallest absolute Gasteiger partial charge is 0.332 e. The molecule has 2 aromatic carbocycles. The second kappa shape index (κ2) is 15.1. The summed E-state index contributed by atoms with van der Waals surface area (Å²) in [5.74, 6) is -2.69. The maximum atomic E-state index is 13.5. The van der Waals surface area contributed by atoms with E-state index in [1.165, 1.54) is 0 Å². The highest BCUT2D eigenvalue weighted by Gasteiger charge is 2.33. The maximum absolute atomic E-state index is 13.5. The van der Waals surface area contributed by atoms with Crippen molar-refractivity contribution in [3.05, 3.63) is 83.4 Å². The van der Waals surface area contributed by atoms with Crippen LogP contribution in [-0.2, 0) is 48.2 Å². The van der Waals surface area contributed by atoms with Crippen molar-refractivity contribution in [3.63, 3.8) is 0 Å². The van der Waals surface area contributed by atoms with Crippen LogP contribution in [-0.4, -0.2) is 59.1 Å². The Morgan fingerprint density at radius 3 is 2.54 bits per heavy atom. The van der Waals surface area contributed by atoms with Gasteiger partial charge in [0.05, 0.1) is 18.6 Å². The largest absolute Gasteiger partial charge is 0.463 e. The number of hydrogen-bond acceptors (Lipinski definition) is 7. The number of amides is 2. The number of rotatable bonds is 6. The Labute approximate surface area is 240 Å². The Kier molecular flexibility index (Phi) is 11.1. The third-order valence-electron chi connectivity index (χ3n) is 7.50. The molecule has 3 atom stereocenters. The Morgan fingerprint density at radius 2 is 1.76 bits per heavy atom. The molecule has 0 bridgehead atoms. The fourth-order valence-corrected chi connectivity index (χ4v) is 5.10. The predicted molar refractivity (Wildman–Crippen MR) is 151 cm³/mol. The molecule has 4 rings (SSSR count). The van der Waals surface area contributed by atoms with Gasteiger partial charge in [0.1, 0.15) is 13.2 Å². The molecule has 9 nitrogen and oxygen atoms in total. The lowest BCUT2D eigenvalue weighted by Crippen LogP contribution is -2.50. The summed E-state index contributed by atoms with van der Waals surface area (Å²) in [5.41, 5.74) is 2.89. The van der Waals surface area contributed by atoms with Crippen LogP contribution in [0.3, 0.4) is 0 Å². The van der Waals surface area contributed by atoms with Gasteiger partial charge in [0.15, 0.2) is 6.04 Å². The first-order chi connectivity index (χ1) is 19.9. The fourth-order valence-electron chi connectivity index (χ4n) is 5.10. The van der Waals surface area contributed by atoms with Crippen LogP contribution in [0.1, 0.15) is 55.2 Å². The maximum Gasteiger partial charge on any atom is 0.332 e. The summed E-state index contributed by atoms with van der Waals surface area (Å²) in [7, 11) is 0. The van der Waals surface area contributed by atoms with E-state index in [1.807, 2.05) is 66.7 Å². The zero-order valence-electron chi connectivity index (χ0n) is 23.2. The van der Waals surface area contributed by atoms with E-state index in [9.17, 15) is 24.3 Å². The Hall–Kier alpha value is -3.98. The number of allylic oxidation sites excluding steroid dienone is 2. The molecule has 0 spiro atoms. The van der Waals surface area contributed by atoms with Crippen molar-refractivity contribution in [2.75, 3.05) is 13.2 Å². The number of benzene rings is 2. The molecule has 2 N–H and O–H groups in total. The predicted octanol–water partition coefficient (Wildman–Crippen LogP) is 3.23. The first-order valence-electron chi connectivity index (χ1n) is 14.2. The van der Waals surface area contributed by atoms with Crippen LogP contribution in [0.4, 0.5) is 0 Å². The van der Waals surface area contributed by atoms with Gasteiger partial charge in [-0.2, -0.15) is 0 Å². The summed E-state index contributed by atoms with van der Waals surface area (Å²) in [5, 5.41) is 12.7. The molecule has 0 radical (unpaired) electrons. The van der Waals surface area contributed by atoms with Gasteiger partial charge in [-0.15, -0.1) is 0 Å². The van der Waals surface area contributed by atoms with Gasteiger partial charge in [0.25, 0.3) is 0 Å². The number of aliphatic hydroxyl groups excluding tert-OH is 1. The van der Waals surface area contributed by atoms with Crippen molar-refractivity contribution in [3.8, 4) is 0 Å². The van der Waals surface area contributed by atoms with Crippen molar-refractivity contribution in [1.29, 1.82) is 0 Å². The van der Waals surface area contributed by atoms with Crippen molar-refractivity contribution >= 4 is 23.8 Å². The molecule has 2 heterocycles. The molecule has 41 heavy (non-hydrogen) atoms. The molecule has 0 aromatic heterocycles. The second-order valence-electron chi connectivity index (χ2n) is 10.5. The summed E-state index contributed by atoms with van der Waals surface area (Å²) in [6, 6.07) is 15.3. The number of carbonyl (C=O) groups is 4. The summed E-state index contributed by atoms with van der Waals surface area (Å²) < 4.78 is 10.8. The van der Waals surface area contributed by atoms with Gasteiger partial charge in [-0.3, -0.25) is 14.4 Å². The number of hydrogen-bond donors (Lipinski definition) is 2. The average molecular weight is 563 g/mol. The van der Waals surface area contributed by atoms with Crippen molar-refractivity contribution in [2.45, 2.75) is 70.2 Å². The molecule has 0 saturated carbocycles. The first-order valence-corrected chi connectivity index (χ1v) is 14.2. The number of fused-ring (bicyclic) bond motifs is 1. The lowest BCUT2D eigenvalue weighted by molar-refractivity contribution is -0.155. The number of nitrogens with zero attached hydrogens (tertiary/aromatic N) is 1. The number of ether oxygens (including phenoxy) is 2. The SMILES string of the molecule is O=C1CCCCC=CC[C@H](CC(=O)N2Cc3ccccc3C[C@H]2CO)C(=O)N[C@@H](C(=O)OCc2ccccc2)CO1. The zero-order chi connectivity index (χ0) is 29.0. The van der Waals surface area contributed by atoms with Gasteiger partial charge in [0.2, 0.25) is 11.8 Å². The summed E-state index contributed by atoms with van der Waals surface area (Å²) in [6.07, 6.45) is 6.93. The van der Waals surface area contributed by atoms with E-state index in [-0.39, 0.29) is 44.6 Å². The molecule has 0 aliphatic carbocycles. The van der Waals surface area contributed by atoms with Gasteiger partial charge >= 0.3 is 11.9 Å². The van der Waals surface area contributed by atoms with E-state index < -0.39 is 29.8 Å². The van der Waals surface area contributed by atoms with E-state index in [1.54, 1.807) is 4.90 Å². The minimum Gasteiger partial charge on any atom is -0.463 e. The molecule has 2 aliphatic rings. The van der Waals surface area contributed by atoms with Gasteiger partial charge in [-0.25, -0.2) is 4.79 Å². The zero-order valence-corrected chi connectivity index (χ0v) is 23.2. The molecule has 218 valence electrons. The molecule has 0 unspecified atom stereocenters. The third kappa shape index (κ3) is 8.75. The van der Waals surface area contributed by atoms with E-state index in [0.29, 0.717) is 25.8 Å². The quantitative estimate of drug-likeness (QED) is 0.410. The highest BCUT2D eigenvalue weighted by Crippen LogP contribution is 2.25. The van der Waals surface area contributed by atoms with Crippen molar-refractivity contribution in [2.24, 2.45) is 5.92 Å². The molecular weight excluding hydrogens is 524 g/mol. The topological polar surface area (TPSA) is 122 Å². The Bertz CT molecular complexity index is 1230. The highest BCUT2D eigenvalue weighted by molar-refractivity contribution is 5.89. The normalized spacial score (nSPS) is 22.1. The van der Waals surface area contributed by atoms with Gasteiger partial charge in [-0.1, -0.05) is 66.7 Å². The van der Waals surface area contributed by atoms with Crippen LogP contribution < -0.4 is 5.32 Å². The van der Waals surface area contributed by atoms with Crippen LogP contribution in [0.5, 0.6) is 0 Å². The molecule has 9 heteroatoms. The first kappa shape index (κ1) is 30.0. The van der Waals surface area contributed by atoms with E-state index in [2.05, 4.69) is 5.32 Å². The molecule has 2 aliphatic heterocycles. The van der Waals surface area contributed by atoms with Crippen molar-refractivity contribution < 1.29 is 33.8 Å². The minimum absolute atomic E-state index is 0.00360. The van der Waals surface area contributed by atoms with Crippen LogP contribution in [0.25, 0.3) is 0 Å². The standard InChI is InChI=1S/C32H38N2O7/c35-20-27-17-24-13-9-10-15-26(24)19-34(27)29(36)18-25-14-7-2-1-3-8-16-30(37)40-22-28(33-31(25)38)32(39)41-21-23-11-5-4-6-12-23/h2,4-7,9-13,15,25,27-28,35H,1,3,8,14,16-22H2,(H,33,38)/t25-,27+,28-/m1/s1. The highest BCUT2D eigenvalue weighted by atomic mass is 16.6. The second-order valence-corrected chi connectivity index (χ2v) is 10.5. The van der Waals surface area contributed by atoms with Gasteiger partial charge in [-0.05, 0) is 48.8 Å². The minimum atomic E-state index is -1.22. The number of carbonyl (C=O) groups excluding carboxylic acids is 4. The monoisotopic (exact) mass is 562 g/mol. The van der Waals surface area contributed by atoms with Crippen LogP contribution in [0.2, 0.25) is 0 Å². The van der Waals surface area contributed by atoms with E-state index >= 15 is 0 Å². The number of nitrogens with one attached hydrogen (secondary N) is 1. The fraction of sp³-hybridized carbons (Fsp3) is 0.438. The van der Waals surface area contributed by atoms with E-state index in [0.717, 1.165) is 29.5 Å². The third-order valence-corrected chi connectivity index (χ3v) is 7.50. The number of aliphatic hydroxyl groups is 1.